The van der Waals surface area contributed by atoms with Gasteiger partial charge in [-0.2, -0.15) is 10.2 Å². The molecule has 0 N–H and O–H groups in total. The van der Waals surface area contributed by atoms with Crippen LogP contribution in [-0.4, -0.2) is 41.3 Å². The SMILES string of the molecule is Cc1cc(-c2ccnn3cc(-c4cnn(C)c4)cc23)ccc1CN1CCn2c(ccc2C(C)(C)C)C1=O. The molecule has 0 radical (unpaired) electrons. The zero-order chi connectivity index (χ0) is 25.9. The van der Waals surface area contributed by atoms with E-state index in [2.05, 4.69) is 78.9 Å². The normalized spacial score (nSPS) is 14.0. The van der Waals surface area contributed by atoms with E-state index in [1.54, 1.807) is 0 Å². The quantitative estimate of drug-likeness (QED) is 0.334. The van der Waals surface area contributed by atoms with Gasteiger partial charge in [0.2, 0.25) is 0 Å². The van der Waals surface area contributed by atoms with Gasteiger partial charge >= 0.3 is 0 Å². The van der Waals surface area contributed by atoms with Crippen LogP contribution in [-0.2, 0) is 25.6 Å². The molecule has 0 bridgehead atoms. The third-order valence-electron chi connectivity index (χ3n) is 7.41. The van der Waals surface area contributed by atoms with Crippen molar-refractivity contribution in [2.24, 2.45) is 7.05 Å². The van der Waals surface area contributed by atoms with Gasteiger partial charge in [0.15, 0.2) is 0 Å². The van der Waals surface area contributed by atoms with Crippen molar-refractivity contribution in [2.45, 2.75) is 46.2 Å². The van der Waals surface area contributed by atoms with Crippen molar-refractivity contribution in [3.63, 3.8) is 0 Å². The number of aryl methyl sites for hydroxylation is 2. The van der Waals surface area contributed by atoms with Gasteiger partial charge < -0.3 is 9.47 Å². The molecule has 1 amide bonds. The molecule has 0 unspecified atom stereocenters. The minimum atomic E-state index is 0.0181. The van der Waals surface area contributed by atoms with Crippen molar-refractivity contribution in [1.82, 2.24) is 28.9 Å². The molecule has 7 heteroatoms. The Morgan fingerprint density at radius 2 is 1.76 bits per heavy atom. The van der Waals surface area contributed by atoms with Crippen LogP contribution in [0.5, 0.6) is 0 Å². The molecule has 5 heterocycles. The van der Waals surface area contributed by atoms with E-state index in [9.17, 15) is 4.79 Å². The van der Waals surface area contributed by atoms with Crippen LogP contribution in [0, 0.1) is 6.92 Å². The van der Waals surface area contributed by atoms with Crippen molar-refractivity contribution in [1.29, 1.82) is 0 Å². The van der Waals surface area contributed by atoms with Crippen molar-refractivity contribution < 1.29 is 4.79 Å². The number of hydrogen-bond acceptors (Lipinski definition) is 3. The fourth-order valence-corrected chi connectivity index (χ4v) is 5.42. The Kier molecular flexibility index (Phi) is 5.33. The van der Waals surface area contributed by atoms with Crippen LogP contribution < -0.4 is 0 Å². The molecule has 4 aromatic heterocycles. The molecule has 1 aliphatic rings. The summed E-state index contributed by atoms with van der Waals surface area (Å²) in [6.07, 6.45) is 7.76. The average molecular weight is 493 g/mol. The van der Waals surface area contributed by atoms with Gasteiger partial charge in [-0.25, -0.2) is 4.52 Å². The van der Waals surface area contributed by atoms with Gasteiger partial charge in [-0.15, -0.1) is 0 Å². The number of rotatable bonds is 4. The van der Waals surface area contributed by atoms with E-state index in [0.29, 0.717) is 6.54 Å². The first-order valence-electron chi connectivity index (χ1n) is 12.7. The summed E-state index contributed by atoms with van der Waals surface area (Å²) in [5.41, 5.74) is 9.85. The highest BCUT2D eigenvalue weighted by Crippen LogP contribution is 2.32. The van der Waals surface area contributed by atoms with Crippen LogP contribution >= 0.6 is 0 Å². The molecular formula is C30H32N6O. The molecule has 0 saturated heterocycles. The van der Waals surface area contributed by atoms with Crippen molar-refractivity contribution >= 4 is 11.4 Å². The Morgan fingerprint density at radius 1 is 0.919 bits per heavy atom. The number of carbonyl (C=O) groups excluding carboxylic acids is 1. The Balaban J connectivity index is 1.27. The van der Waals surface area contributed by atoms with Gasteiger partial charge in [-0.1, -0.05) is 39.0 Å². The van der Waals surface area contributed by atoms with Crippen LogP contribution in [0.2, 0.25) is 0 Å². The largest absolute Gasteiger partial charge is 0.338 e. The van der Waals surface area contributed by atoms with E-state index < -0.39 is 0 Å². The molecule has 0 saturated carbocycles. The van der Waals surface area contributed by atoms with E-state index in [0.717, 1.165) is 46.6 Å². The number of amides is 1. The smallest absolute Gasteiger partial charge is 0.270 e. The molecule has 0 fully saturated rings. The molecule has 1 aromatic carbocycles. The number of fused-ring (bicyclic) bond motifs is 2. The van der Waals surface area contributed by atoms with Gasteiger partial charge in [0.1, 0.15) is 5.69 Å². The lowest BCUT2D eigenvalue weighted by molar-refractivity contribution is 0.0688. The first-order valence-corrected chi connectivity index (χ1v) is 12.7. The zero-order valence-electron chi connectivity index (χ0n) is 22.1. The predicted molar refractivity (Wildman–Crippen MR) is 145 cm³/mol. The van der Waals surface area contributed by atoms with Crippen LogP contribution in [0.25, 0.3) is 27.8 Å². The predicted octanol–water partition coefficient (Wildman–Crippen LogP) is 5.47. The molecule has 7 nitrogen and oxygen atoms in total. The zero-order valence-corrected chi connectivity index (χ0v) is 22.1. The number of hydrogen-bond donors (Lipinski definition) is 0. The van der Waals surface area contributed by atoms with Gasteiger partial charge in [0.25, 0.3) is 5.91 Å². The van der Waals surface area contributed by atoms with E-state index in [1.807, 2.05) is 52.0 Å². The Labute approximate surface area is 217 Å². The first kappa shape index (κ1) is 23.3. The van der Waals surface area contributed by atoms with Gasteiger partial charge in [0, 0.05) is 73.1 Å². The number of benzene rings is 1. The Bertz CT molecular complexity index is 1640. The van der Waals surface area contributed by atoms with E-state index in [-0.39, 0.29) is 11.3 Å². The average Bonchev–Trinajstić information content (AvgIpc) is 3.59. The number of nitrogens with zero attached hydrogens (tertiary/aromatic N) is 6. The van der Waals surface area contributed by atoms with Gasteiger partial charge in [0.05, 0.1) is 11.7 Å². The summed E-state index contributed by atoms with van der Waals surface area (Å²) in [6.45, 7) is 10.9. The third-order valence-corrected chi connectivity index (χ3v) is 7.41. The number of carbonyl (C=O) groups is 1. The molecular weight excluding hydrogens is 460 g/mol. The fourth-order valence-electron chi connectivity index (χ4n) is 5.42. The molecule has 0 atom stereocenters. The first-order chi connectivity index (χ1) is 17.7. The standard InChI is InChI=1S/C30H32N6O/c1-20-14-21(25-10-11-31-36-19-23(15-27(25)36)24-16-32-33(5)17-24)6-7-22(20)18-34-12-13-35-26(29(34)37)8-9-28(35)30(2,3)4/h6-11,14-17,19H,12-13,18H2,1-5H3. The van der Waals surface area contributed by atoms with Crippen molar-refractivity contribution in [2.75, 3.05) is 6.54 Å². The maximum Gasteiger partial charge on any atom is 0.270 e. The summed E-state index contributed by atoms with van der Waals surface area (Å²) in [5.74, 6) is 0.109. The molecule has 0 spiro atoms. The van der Waals surface area contributed by atoms with Crippen LogP contribution in [0.1, 0.15) is 48.1 Å². The minimum absolute atomic E-state index is 0.0181. The van der Waals surface area contributed by atoms with Crippen LogP contribution in [0.3, 0.4) is 0 Å². The minimum Gasteiger partial charge on any atom is -0.338 e. The highest BCUT2D eigenvalue weighted by atomic mass is 16.2. The van der Waals surface area contributed by atoms with E-state index >= 15 is 0 Å². The summed E-state index contributed by atoms with van der Waals surface area (Å²) < 4.78 is 5.93. The maximum atomic E-state index is 13.3. The summed E-state index contributed by atoms with van der Waals surface area (Å²) >= 11 is 0. The second-order valence-electron chi connectivity index (χ2n) is 11.1. The lowest BCUT2D eigenvalue weighted by Gasteiger charge is -2.32. The van der Waals surface area contributed by atoms with E-state index in [1.165, 1.54) is 16.8 Å². The summed E-state index contributed by atoms with van der Waals surface area (Å²) in [6, 6.07) is 14.8. The van der Waals surface area contributed by atoms with Crippen LogP contribution in [0.15, 0.2) is 67.3 Å². The maximum absolute atomic E-state index is 13.3. The number of aromatic nitrogens is 5. The van der Waals surface area contributed by atoms with Crippen molar-refractivity contribution in [3.8, 4) is 22.3 Å². The molecule has 188 valence electrons. The third kappa shape index (κ3) is 4.04. The molecule has 5 aromatic rings. The Morgan fingerprint density at radius 3 is 2.49 bits per heavy atom. The second-order valence-corrected chi connectivity index (χ2v) is 11.1. The Hall–Kier alpha value is -4.13. The topological polar surface area (TPSA) is 60.4 Å². The molecule has 37 heavy (non-hydrogen) atoms. The van der Waals surface area contributed by atoms with Crippen LogP contribution in [0.4, 0.5) is 0 Å². The lowest BCUT2D eigenvalue weighted by atomic mass is 9.92. The highest BCUT2D eigenvalue weighted by molar-refractivity contribution is 5.93. The molecule has 6 rings (SSSR count). The second kappa shape index (κ2) is 8.47. The van der Waals surface area contributed by atoms with E-state index in [4.69, 9.17) is 0 Å². The monoisotopic (exact) mass is 492 g/mol. The van der Waals surface area contributed by atoms with Gasteiger partial charge in [-0.05, 0) is 47.9 Å². The van der Waals surface area contributed by atoms with Gasteiger partial charge in [-0.3, -0.25) is 9.48 Å². The highest BCUT2D eigenvalue weighted by Gasteiger charge is 2.29. The summed E-state index contributed by atoms with van der Waals surface area (Å²) in [4.78, 5) is 15.3. The lowest BCUT2D eigenvalue weighted by Crippen LogP contribution is -2.40. The molecule has 0 aliphatic carbocycles. The summed E-state index contributed by atoms with van der Waals surface area (Å²) in [7, 11) is 1.92. The summed E-state index contributed by atoms with van der Waals surface area (Å²) in [5, 5.41) is 8.82. The van der Waals surface area contributed by atoms with Crippen molar-refractivity contribution in [3.05, 3.63) is 89.8 Å². The molecule has 1 aliphatic heterocycles. The fraction of sp³-hybridized carbons (Fsp3) is 0.300.